The zero-order valence-corrected chi connectivity index (χ0v) is 19.7. The van der Waals surface area contributed by atoms with E-state index in [1.807, 2.05) is 85.8 Å². The van der Waals surface area contributed by atoms with Gasteiger partial charge in [-0.05, 0) is 54.8 Å². The first-order chi connectivity index (χ1) is 16.7. The Bertz CT molecular complexity index is 1590. The molecule has 2 aromatic heterocycles. The second kappa shape index (κ2) is 9.53. The monoisotopic (exact) mass is 468 g/mol. The highest BCUT2D eigenvalue weighted by Gasteiger charge is 2.15. The smallest absolute Gasteiger partial charge is 0.274 e. The van der Waals surface area contributed by atoms with E-state index in [1.165, 1.54) is 11.3 Å². The number of hydrogen-bond donors (Lipinski definition) is 0. The zero-order valence-electron chi connectivity index (χ0n) is 18.9. The molecule has 170 valence electrons. The van der Waals surface area contributed by atoms with Gasteiger partial charge in [0.1, 0.15) is 6.61 Å². The van der Waals surface area contributed by atoms with Crippen molar-refractivity contribution < 1.29 is 9.47 Å². The predicted octanol–water partition coefficient (Wildman–Crippen LogP) is 5.16. The van der Waals surface area contributed by atoms with E-state index < -0.39 is 0 Å². The van der Waals surface area contributed by atoms with Gasteiger partial charge in [0.15, 0.2) is 16.5 Å². The fourth-order valence-electron chi connectivity index (χ4n) is 3.99. The standard InChI is InChI=1S/C28H24N2O3S/c1-3-10-21-15-20(16-24(32-4-2)26(21)33-18-19-11-6-5-7-12-19)17-25-27(31)30-23-14-9-8-13-22(23)29-28(30)34-25/h3,5-9,11-17H,1,4,10,18H2,2H3. The van der Waals surface area contributed by atoms with Crippen molar-refractivity contribution in [1.82, 2.24) is 9.38 Å². The third kappa shape index (κ3) is 4.20. The van der Waals surface area contributed by atoms with Crippen molar-refractivity contribution in [3.05, 3.63) is 111 Å². The van der Waals surface area contributed by atoms with Crippen molar-refractivity contribution in [2.45, 2.75) is 20.0 Å². The Morgan fingerprint density at radius 3 is 2.65 bits per heavy atom. The van der Waals surface area contributed by atoms with Gasteiger partial charge in [-0.2, -0.15) is 0 Å². The average molecular weight is 469 g/mol. The number of rotatable bonds is 8. The highest BCUT2D eigenvalue weighted by Crippen LogP contribution is 2.35. The number of fused-ring (bicyclic) bond motifs is 3. The molecule has 34 heavy (non-hydrogen) atoms. The van der Waals surface area contributed by atoms with E-state index in [9.17, 15) is 4.79 Å². The summed E-state index contributed by atoms with van der Waals surface area (Å²) in [5.74, 6) is 1.36. The van der Waals surface area contributed by atoms with Crippen LogP contribution in [0.5, 0.6) is 11.5 Å². The number of hydrogen-bond acceptors (Lipinski definition) is 5. The van der Waals surface area contributed by atoms with Gasteiger partial charge < -0.3 is 9.47 Å². The van der Waals surface area contributed by atoms with Gasteiger partial charge in [0.25, 0.3) is 5.56 Å². The van der Waals surface area contributed by atoms with E-state index >= 15 is 0 Å². The summed E-state index contributed by atoms with van der Waals surface area (Å²) in [4.78, 5) is 18.5. The second-order valence-corrected chi connectivity index (χ2v) is 8.85. The normalized spacial score (nSPS) is 11.9. The Hall–Kier alpha value is -3.90. The first kappa shape index (κ1) is 21.9. The molecule has 0 atom stereocenters. The molecule has 2 heterocycles. The number of aromatic nitrogens is 2. The lowest BCUT2D eigenvalue weighted by atomic mass is 10.1. The van der Waals surface area contributed by atoms with Gasteiger partial charge in [-0.1, -0.05) is 59.9 Å². The van der Waals surface area contributed by atoms with Gasteiger partial charge in [-0.15, -0.1) is 6.58 Å². The van der Waals surface area contributed by atoms with Crippen molar-refractivity contribution in [3.63, 3.8) is 0 Å². The van der Waals surface area contributed by atoms with Crippen LogP contribution < -0.4 is 19.6 Å². The Kier molecular flexibility index (Phi) is 6.14. The van der Waals surface area contributed by atoms with Crippen LogP contribution in [0, 0.1) is 0 Å². The number of nitrogens with zero attached hydrogens (tertiary/aromatic N) is 2. The van der Waals surface area contributed by atoms with E-state index in [-0.39, 0.29) is 5.56 Å². The van der Waals surface area contributed by atoms with Gasteiger partial charge in [0.2, 0.25) is 0 Å². The molecule has 0 radical (unpaired) electrons. The molecule has 5 aromatic rings. The lowest BCUT2D eigenvalue weighted by Gasteiger charge is -2.17. The number of thiazole rings is 1. The number of para-hydroxylation sites is 2. The van der Waals surface area contributed by atoms with Crippen molar-refractivity contribution in [3.8, 4) is 11.5 Å². The van der Waals surface area contributed by atoms with Crippen LogP contribution in [-0.4, -0.2) is 16.0 Å². The van der Waals surface area contributed by atoms with Gasteiger partial charge in [-0.3, -0.25) is 4.79 Å². The summed E-state index contributed by atoms with van der Waals surface area (Å²) in [6.07, 6.45) is 4.36. The number of allylic oxidation sites excluding steroid dienone is 1. The minimum absolute atomic E-state index is 0.0682. The van der Waals surface area contributed by atoms with Crippen molar-refractivity contribution in [1.29, 1.82) is 0 Å². The van der Waals surface area contributed by atoms with Crippen LogP contribution in [0.15, 0.2) is 84.2 Å². The Balaban J connectivity index is 1.59. The average Bonchev–Trinajstić information content (AvgIpc) is 3.35. The fourth-order valence-corrected chi connectivity index (χ4v) is 4.98. The molecule has 0 saturated carbocycles. The Morgan fingerprint density at radius 2 is 1.85 bits per heavy atom. The van der Waals surface area contributed by atoms with Crippen LogP contribution in [0.3, 0.4) is 0 Å². The van der Waals surface area contributed by atoms with Crippen LogP contribution in [0.25, 0.3) is 22.1 Å². The molecule has 0 unspecified atom stereocenters. The molecule has 0 saturated heterocycles. The maximum absolute atomic E-state index is 13.2. The molecule has 5 nitrogen and oxygen atoms in total. The van der Waals surface area contributed by atoms with Crippen LogP contribution in [-0.2, 0) is 13.0 Å². The molecule has 0 fully saturated rings. The van der Waals surface area contributed by atoms with Crippen molar-refractivity contribution >= 4 is 33.4 Å². The van der Waals surface area contributed by atoms with Crippen molar-refractivity contribution in [2.24, 2.45) is 0 Å². The molecule has 0 spiro atoms. The molecule has 6 heteroatoms. The molecular weight excluding hydrogens is 444 g/mol. The largest absolute Gasteiger partial charge is 0.490 e. The first-order valence-corrected chi connectivity index (χ1v) is 12.0. The summed E-state index contributed by atoms with van der Waals surface area (Å²) in [5.41, 5.74) is 4.49. The Morgan fingerprint density at radius 1 is 1.06 bits per heavy atom. The summed E-state index contributed by atoms with van der Waals surface area (Å²) in [6, 6.07) is 21.7. The quantitative estimate of drug-likeness (QED) is 0.295. The lowest BCUT2D eigenvalue weighted by Crippen LogP contribution is -2.22. The highest BCUT2D eigenvalue weighted by molar-refractivity contribution is 7.15. The Labute approximate surface area is 201 Å². The van der Waals surface area contributed by atoms with Crippen LogP contribution in [0.4, 0.5) is 0 Å². The predicted molar refractivity (Wildman–Crippen MR) is 138 cm³/mol. The SMILES string of the molecule is C=CCc1cc(C=c2sc3nc4ccccc4n3c2=O)cc(OCC)c1OCc1ccccc1. The van der Waals surface area contributed by atoms with Gasteiger partial charge in [0, 0.05) is 5.56 Å². The number of benzene rings is 3. The molecule has 3 aromatic carbocycles. The van der Waals surface area contributed by atoms with Crippen LogP contribution in [0.1, 0.15) is 23.6 Å². The molecule has 5 rings (SSSR count). The van der Waals surface area contributed by atoms with Crippen molar-refractivity contribution in [2.75, 3.05) is 6.61 Å². The molecule has 0 aliphatic rings. The molecule has 0 aliphatic carbocycles. The summed E-state index contributed by atoms with van der Waals surface area (Å²) in [7, 11) is 0. The maximum atomic E-state index is 13.2. The van der Waals surface area contributed by atoms with E-state index in [1.54, 1.807) is 4.40 Å². The summed E-state index contributed by atoms with van der Waals surface area (Å²) >= 11 is 1.39. The third-order valence-electron chi connectivity index (χ3n) is 5.49. The van der Waals surface area contributed by atoms with E-state index in [4.69, 9.17) is 9.47 Å². The first-order valence-electron chi connectivity index (χ1n) is 11.2. The molecular formula is C28H24N2O3S. The zero-order chi connectivity index (χ0) is 23.5. The van der Waals surface area contributed by atoms with E-state index in [0.29, 0.717) is 40.6 Å². The second-order valence-electron chi connectivity index (χ2n) is 7.84. The summed E-state index contributed by atoms with van der Waals surface area (Å²) in [6.45, 7) is 6.79. The molecule has 0 amide bonds. The fraction of sp³-hybridized carbons (Fsp3) is 0.143. The molecule has 0 aliphatic heterocycles. The summed E-state index contributed by atoms with van der Waals surface area (Å²) in [5, 5.41) is 0. The third-order valence-corrected chi connectivity index (χ3v) is 6.46. The molecule has 0 bridgehead atoms. The van der Waals surface area contributed by atoms with Crippen LogP contribution in [0.2, 0.25) is 0 Å². The van der Waals surface area contributed by atoms with Crippen LogP contribution >= 0.6 is 11.3 Å². The van der Waals surface area contributed by atoms with E-state index in [0.717, 1.165) is 27.7 Å². The molecule has 0 N–H and O–H groups in total. The van der Waals surface area contributed by atoms with Gasteiger partial charge >= 0.3 is 0 Å². The minimum Gasteiger partial charge on any atom is -0.490 e. The summed E-state index contributed by atoms with van der Waals surface area (Å²) < 4.78 is 14.5. The maximum Gasteiger partial charge on any atom is 0.274 e. The van der Waals surface area contributed by atoms with Gasteiger partial charge in [-0.25, -0.2) is 9.38 Å². The van der Waals surface area contributed by atoms with E-state index in [2.05, 4.69) is 11.6 Å². The highest BCUT2D eigenvalue weighted by atomic mass is 32.1. The number of imidazole rings is 1. The number of ether oxygens (including phenoxy) is 2. The van der Waals surface area contributed by atoms with Gasteiger partial charge in [0.05, 0.1) is 22.2 Å². The topological polar surface area (TPSA) is 52.8 Å². The minimum atomic E-state index is -0.0682. The lowest BCUT2D eigenvalue weighted by molar-refractivity contribution is 0.267.